The van der Waals surface area contributed by atoms with Gasteiger partial charge in [-0.2, -0.15) is 0 Å². The van der Waals surface area contributed by atoms with Crippen LogP contribution in [0.3, 0.4) is 0 Å². The van der Waals surface area contributed by atoms with Gasteiger partial charge in [0.15, 0.2) is 6.29 Å². The molecule has 0 saturated heterocycles. The van der Waals surface area contributed by atoms with E-state index in [0.29, 0.717) is 16.7 Å². The second-order valence-electron chi connectivity index (χ2n) is 5.94. The van der Waals surface area contributed by atoms with Crippen LogP contribution in [0.1, 0.15) is 44.9 Å². The molecule has 0 saturated carbocycles. The number of carbonyl (C=O) groups is 4. The summed E-state index contributed by atoms with van der Waals surface area (Å²) in [6.45, 7) is 2.23. The van der Waals surface area contributed by atoms with Crippen molar-refractivity contribution in [1.82, 2.24) is 0 Å². The van der Waals surface area contributed by atoms with E-state index in [2.05, 4.69) is 9.99 Å². The summed E-state index contributed by atoms with van der Waals surface area (Å²) in [6, 6.07) is 11.4. The quantitative estimate of drug-likeness (QED) is 0.161. The molecule has 9 heteroatoms. The van der Waals surface area contributed by atoms with Gasteiger partial charge in [-0.25, -0.2) is 9.59 Å². The Bertz CT molecular complexity index is 983. The zero-order chi connectivity index (χ0) is 22.1. The van der Waals surface area contributed by atoms with E-state index in [0.717, 1.165) is 11.8 Å². The van der Waals surface area contributed by atoms with Crippen LogP contribution in [-0.4, -0.2) is 48.0 Å². The fraction of sp³-hybridized carbons (Fsp3) is 0.190. The summed E-state index contributed by atoms with van der Waals surface area (Å²) in [7, 11) is 0. The molecular formula is C21H19NO7S. The smallest absolute Gasteiger partial charge is 0.338 e. The topological polar surface area (TPSA) is 119 Å². The van der Waals surface area contributed by atoms with Crippen LogP contribution in [0.2, 0.25) is 0 Å². The number of aldehydes is 1. The third-order valence-corrected chi connectivity index (χ3v) is 4.68. The predicted octanol–water partition coefficient (Wildman–Crippen LogP) is 2.92. The third-order valence-electron chi connectivity index (χ3n) is 3.68. The van der Waals surface area contributed by atoms with Crippen LogP contribution in [-0.2, 0) is 14.4 Å². The molecule has 0 unspecified atom stereocenters. The lowest BCUT2D eigenvalue weighted by atomic mass is 10.0. The van der Waals surface area contributed by atoms with Crippen molar-refractivity contribution in [2.24, 2.45) is 5.16 Å². The number of esters is 1. The van der Waals surface area contributed by atoms with Crippen LogP contribution in [0.25, 0.3) is 0 Å². The lowest BCUT2D eigenvalue weighted by Gasteiger charge is -2.08. The summed E-state index contributed by atoms with van der Waals surface area (Å²) in [6.07, 6.45) is 0.566. The number of oxime groups is 1. The van der Waals surface area contributed by atoms with Gasteiger partial charge in [-0.1, -0.05) is 16.9 Å². The molecule has 1 N–H and O–H groups in total. The van der Waals surface area contributed by atoms with E-state index in [1.54, 1.807) is 36.4 Å². The number of Topliss-reactive ketones (excluding diaryl/α,β-unsaturated/α-hetero) is 1. The molecule has 0 aromatic heterocycles. The van der Waals surface area contributed by atoms with Gasteiger partial charge in [-0.3, -0.25) is 9.59 Å². The Labute approximate surface area is 176 Å². The van der Waals surface area contributed by atoms with E-state index < -0.39 is 17.7 Å². The van der Waals surface area contributed by atoms with E-state index in [9.17, 15) is 19.2 Å². The highest BCUT2D eigenvalue weighted by Crippen LogP contribution is 2.29. The highest BCUT2D eigenvalue weighted by Gasteiger charge is 2.16. The van der Waals surface area contributed by atoms with Gasteiger partial charge in [0.25, 0.3) is 0 Å². The molecular weight excluding hydrogens is 410 g/mol. The molecule has 0 fully saturated rings. The fourth-order valence-corrected chi connectivity index (χ4v) is 3.16. The Morgan fingerprint density at radius 1 is 1.07 bits per heavy atom. The first-order valence-electron chi connectivity index (χ1n) is 8.77. The molecule has 0 heterocycles. The molecule has 0 bridgehead atoms. The van der Waals surface area contributed by atoms with Crippen LogP contribution >= 0.6 is 11.8 Å². The van der Waals surface area contributed by atoms with Crippen LogP contribution in [0.15, 0.2) is 57.4 Å². The van der Waals surface area contributed by atoms with Crippen LogP contribution in [0, 0.1) is 0 Å². The van der Waals surface area contributed by atoms with Gasteiger partial charge in [0.2, 0.25) is 5.78 Å². The maximum atomic E-state index is 12.4. The molecule has 2 rings (SSSR count). The van der Waals surface area contributed by atoms with Crippen molar-refractivity contribution in [3.05, 3.63) is 59.2 Å². The first-order chi connectivity index (χ1) is 14.3. The number of nitrogens with zero attached hydrogens (tertiary/aromatic N) is 1. The average molecular weight is 429 g/mol. The first-order valence-corrected chi connectivity index (χ1v) is 9.59. The third kappa shape index (κ3) is 6.36. The van der Waals surface area contributed by atoms with Crippen molar-refractivity contribution in [3.8, 4) is 0 Å². The van der Waals surface area contributed by atoms with Gasteiger partial charge in [0, 0.05) is 27.8 Å². The summed E-state index contributed by atoms with van der Waals surface area (Å²) in [5.41, 5.74) is 0.610. The lowest BCUT2D eigenvalue weighted by molar-refractivity contribution is -0.140. The minimum Gasteiger partial charge on any atom is -0.460 e. The highest BCUT2D eigenvalue weighted by atomic mass is 32.2. The summed E-state index contributed by atoms with van der Waals surface area (Å²) < 4.78 is 4.85. The maximum Gasteiger partial charge on any atom is 0.338 e. The standard InChI is InChI=1S/C21H19NO7S/c1-13(22-29-14(2)25)20(26)19-8-7-18(11-16(19)12-24)30-17-5-3-15(4-6-17)21(27)28-10-9-23/h3-8,11-12,23H,9-10H2,1-2H3/b22-13+. The normalized spacial score (nSPS) is 11.0. The predicted molar refractivity (Wildman–Crippen MR) is 109 cm³/mol. The molecule has 30 heavy (non-hydrogen) atoms. The highest BCUT2D eigenvalue weighted by molar-refractivity contribution is 7.99. The van der Waals surface area contributed by atoms with Gasteiger partial charge in [-0.15, -0.1) is 0 Å². The number of aliphatic hydroxyl groups is 1. The second kappa shape index (κ2) is 11.0. The molecule has 0 atom stereocenters. The van der Waals surface area contributed by atoms with E-state index in [4.69, 9.17) is 9.84 Å². The Balaban J connectivity index is 2.15. The largest absolute Gasteiger partial charge is 0.460 e. The number of hydrogen-bond donors (Lipinski definition) is 1. The summed E-state index contributed by atoms with van der Waals surface area (Å²) >= 11 is 1.34. The Kier molecular flexibility index (Phi) is 8.45. The number of hydrogen-bond acceptors (Lipinski definition) is 9. The van der Waals surface area contributed by atoms with E-state index >= 15 is 0 Å². The first kappa shape index (κ1) is 23.0. The molecule has 0 radical (unpaired) electrons. The summed E-state index contributed by atoms with van der Waals surface area (Å²) in [5.74, 6) is -1.71. The summed E-state index contributed by atoms with van der Waals surface area (Å²) in [5, 5.41) is 12.1. The van der Waals surface area contributed by atoms with Crippen LogP contribution in [0.4, 0.5) is 0 Å². The molecule has 8 nitrogen and oxygen atoms in total. The number of rotatable bonds is 9. The monoisotopic (exact) mass is 429 g/mol. The molecule has 0 aliphatic carbocycles. The van der Waals surface area contributed by atoms with Gasteiger partial charge in [-0.05, 0) is 49.4 Å². The molecule has 0 aliphatic rings. The SMILES string of the molecule is CC(=O)O/N=C(\C)C(=O)c1ccc(Sc2ccc(C(=O)OCCO)cc2)cc1C=O. The number of carbonyl (C=O) groups excluding carboxylic acids is 4. The molecule has 156 valence electrons. The zero-order valence-electron chi connectivity index (χ0n) is 16.3. The zero-order valence-corrected chi connectivity index (χ0v) is 17.1. The molecule has 0 aliphatic heterocycles. The maximum absolute atomic E-state index is 12.4. The summed E-state index contributed by atoms with van der Waals surface area (Å²) in [4.78, 5) is 52.4. The molecule has 2 aromatic rings. The van der Waals surface area contributed by atoms with E-state index in [1.165, 1.54) is 24.8 Å². The van der Waals surface area contributed by atoms with Crippen molar-refractivity contribution in [2.75, 3.05) is 13.2 Å². The Morgan fingerprint density at radius 3 is 2.33 bits per heavy atom. The molecule has 2 aromatic carbocycles. The minimum absolute atomic E-state index is 0.0580. The number of ketones is 1. The van der Waals surface area contributed by atoms with Crippen molar-refractivity contribution in [1.29, 1.82) is 0 Å². The van der Waals surface area contributed by atoms with Gasteiger partial charge in [0.05, 0.1) is 12.2 Å². The van der Waals surface area contributed by atoms with E-state index in [-0.39, 0.29) is 30.1 Å². The van der Waals surface area contributed by atoms with Crippen molar-refractivity contribution >= 4 is 41.5 Å². The minimum atomic E-state index is -0.655. The van der Waals surface area contributed by atoms with Crippen LogP contribution < -0.4 is 0 Å². The van der Waals surface area contributed by atoms with Gasteiger partial charge in [0.1, 0.15) is 12.3 Å². The number of ether oxygens (including phenoxy) is 1. The van der Waals surface area contributed by atoms with Crippen molar-refractivity contribution in [2.45, 2.75) is 23.6 Å². The van der Waals surface area contributed by atoms with Gasteiger partial charge < -0.3 is 14.7 Å². The lowest BCUT2D eigenvalue weighted by Crippen LogP contribution is -2.14. The Hall–Kier alpha value is -3.30. The average Bonchev–Trinajstić information content (AvgIpc) is 2.75. The molecule has 0 spiro atoms. The van der Waals surface area contributed by atoms with Crippen molar-refractivity contribution < 1.29 is 33.9 Å². The van der Waals surface area contributed by atoms with E-state index in [1.807, 2.05) is 0 Å². The Morgan fingerprint density at radius 2 is 1.73 bits per heavy atom. The fourth-order valence-electron chi connectivity index (χ4n) is 2.29. The van der Waals surface area contributed by atoms with Gasteiger partial charge >= 0.3 is 11.9 Å². The number of benzene rings is 2. The number of aliphatic hydroxyl groups excluding tert-OH is 1. The second-order valence-corrected chi connectivity index (χ2v) is 7.09. The van der Waals surface area contributed by atoms with Crippen LogP contribution in [0.5, 0.6) is 0 Å². The van der Waals surface area contributed by atoms with Crippen molar-refractivity contribution in [3.63, 3.8) is 0 Å². The molecule has 0 amide bonds.